The molecule has 12 heavy (non-hydrogen) atoms. The van der Waals surface area contributed by atoms with Crippen LogP contribution in [-0.2, 0) is 11.4 Å². The Hall–Kier alpha value is -0.810. The lowest BCUT2D eigenvalue weighted by molar-refractivity contribution is -0.0963. The molecule has 1 N–H and O–H groups in total. The van der Waals surface area contributed by atoms with Gasteiger partial charge in [0.15, 0.2) is 0 Å². The van der Waals surface area contributed by atoms with Crippen LogP contribution in [0.5, 0.6) is 0 Å². The third-order valence-electron chi connectivity index (χ3n) is 1.78. The highest BCUT2D eigenvalue weighted by Gasteiger charge is 2.16. The van der Waals surface area contributed by atoms with Crippen molar-refractivity contribution >= 4 is 20.4 Å². The number of fused-ring (bicyclic) bond motifs is 1. The summed E-state index contributed by atoms with van der Waals surface area (Å²) < 4.78 is 0.986. The number of aromatic amines is 1. The van der Waals surface area contributed by atoms with Crippen molar-refractivity contribution in [2.24, 2.45) is 0 Å². The van der Waals surface area contributed by atoms with E-state index in [1.54, 1.807) is 18.4 Å². The van der Waals surface area contributed by atoms with E-state index >= 15 is 0 Å². The van der Waals surface area contributed by atoms with E-state index in [1.165, 1.54) is 0 Å². The van der Waals surface area contributed by atoms with Gasteiger partial charge >= 0.3 is 0 Å². The van der Waals surface area contributed by atoms with Gasteiger partial charge in [-0.25, -0.2) is 0 Å². The second-order valence-corrected chi connectivity index (χ2v) is 3.35. The summed E-state index contributed by atoms with van der Waals surface area (Å²) in [6, 6.07) is 0. The minimum Gasteiger partial charge on any atom is -0.280 e. The van der Waals surface area contributed by atoms with Crippen LogP contribution in [0, 0.1) is 0 Å². The molecule has 0 saturated heterocycles. The quantitative estimate of drug-likeness (QED) is 0.794. The van der Waals surface area contributed by atoms with Gasteiger partial charge < -0.3 is 0 Å². The average Bonchev–Trinajstić information content (AvgIpc) is 2.52. The Morgan fingerprint density at radius 3 is 3.33 bits per heavy atom. The molecule has 5 heteroatoms. The third kappa shape index (κ3) is 1.15. The topological polar surface area (TPSA) is 41.1 Å². The van der Waals surface area contributed by atoms with Crippen molar-refractivity contribution in [2.45, 2.75) is 6.54 Å². The summed E-state index contributed by atoms with van der Waals surface area (Å²) in [5.41, 5.74) is 2.16. The van der Waals surface area contributed by atoms with Crippen molar-refractivity contribution in [1.29, 1.82) is 0 Å². The molecule has 0 saturated carbocycles. The lowest BCUT2D eigenvalue weighted by Gasteiger charge is -2.21. The van der Waals surface area contributed by atoms with Crippen LogP contribution in [0.3, 0.4) is 0 Å². The molecule has 0 fully saturated rings. The largest absolute Gasteiger partial charge is 0.280 e. The van der Waals surface area contributed by atoms with Crippen LogP contribution < -0.4 is 0 Å². The number of hydrogen-bond acceptors (Lipinski definition) is 3. The fourth-order valence-electron chi connectivity index (χ4n) is 1.15. The molecule has 0 spiro atoms. The Morgan fingerprint density at radius 1 is 1.75 bits per heavy atom. The number of hydrogen-bond donors (Lipinski definition) is 1. The van der Waals surface area contributed by atoms with E-state index in [0.29, 0.717) is 6.54 Å². The van der Waals surface area contributed by atoms with Crippen molar-refractivity contribution in [1.82, 2.24) is 15.3 Å². The molecule has 0 aromatic carbocycles. The zero-order chi connectivity index (χ0) is 8.55. The SMILES string of the molecule is CON1C=C(Br)c2cn[nH]c2C1. The van der Waals surface area contributed by atoms with Crippen molar-refractivity contribution in [2.75, 3.05) is 7.11 Å². The van der Waals surface area contributed by atoms with Crippen LogP contribution in [0.1, 0.15) is 11.3 Å². The van der Waals surface area contributed by atoms with Crippen molar-refractivity contribution in [3.63, 3.8) is 0 Å². The van der Waals surface area contributed by atoms with Gasteiger partial charge in [-0.05, 0) is 15.9 Å². The molecule has 4 nitrogen and oxygen atoms in total. The zero-order valence-corrected chi connectivity index (χ0v) is 8.13. The van der Waals surface area contributed by atoms with Gasteiger partial charge in [-0.1, -0.05) is 0 Å². The van der Waals surface area contributed by atoms with Crippen molar-refractivity contribution in [3.05, 3.63) is 23.7 Å². The molecule has 0 aliphatic carbocycles. The maximum absolute atomic E-state index is 5.07. The van der Waals surface area contributed by atoms with E-state index in [0.717, 1.165) is 15.7 Å². The number of rotatable bonds is 1. The van der Waals surface area contributed by atoms with Crippen LogP contribution >= 0.6 is 15.9 Å². The predicted molar refractivity (Wildman–Crippen MR) is 48.0 cm³/mol. The number of hydroxylamine groups is 2. The van der Waals surface area contributed by atoms with E-state index < -0.39 is 0 Å². The summed E-state index contributed by atoms with van der Waals surface area (Å²) in [5, 5.41) is 8.58. The fourth-order valence-corrected chi connectivity index (χ4v) is 1.72. The van der Waals surface area contributed by atoms with Gasteiger partial charge in [-0.3, -0.25) is 15.0 Å². The summed E-state index contributed by atoms with van der Waals surface area (Å²) in [5.74, 6) is 0. The monoisotopic (exact) mass is 229 g/mol. The third-order valence-corrected chi connectivity index (χ3v) is 2.41. The number of aromatic nitrogens is 2. The molecule has 64 valence electrons. The average molecular weight is 230 g/mol. The summed E-state index contributed by atoms with van der Waals surface area (Å²) in [4.78, 5) is 5.07. The molecule has 1 aliphatic heterocycles. The molecule has 2 rings (SSSR count). The van der Waals surface area contributed by atoms with Gasteiger partial charge in [0.1, 0.15) is 0 Å². The normalized spacial score (nSPS) is 15.8. The van der Waals surface area contributed by atoms with Gasteiger partial charge in [0.25, 0.3) is 0 Å². The summed E-state index contributed by atoms with van der Waals surface area (Å²) in [6.45, 7) is 0.709. The van der Waals surface area contributed by atoms with E-state index in [1.807, 2.05) is 6.20 Å². The molecule has 1 aromatic heterocycles. The highest BCUT2D eigenvalue weighted by atomic mass is 79.9. The van der Waals surface area contributed by atoms with Crippen LogP contribution in [0.25, 0.3) is 4.48 Å². The minimum absolute atomic E-state index is 0.709. The Labute approximate surface area is 78.3 Å². The maximum Gasteiger partial charge on any atom is 0.0872 e. The van der Waals surface area contributed by atoms with Crippen LogP contribution in [-0.4, -0.2) is 22.4 Å². The summed E-state index contributed by atoms with van der Waals surface area (Å²) in [7, 11) is 1.64. The number of H-pyrrole nitrogens is 1. The van der Waals surface area contributed by atoms with Crippen molar-refractivity contribution in [3.8, 4) is 0 Å². The summed E-state index contributed by atoms with van der Waals surface area (Å²) in [6.07, 6.45) is 3.68. The lowest BCUT2D eigenvalue weighted by Crippen LogP contribution is -2.19. The minimum atomic E-state index is 0.709. The van der Waals surface area contributed by atoms with E-state index in [2.05, 4.69) is 26.1 Å². The number of halogens is 1. The molecule has 1 aromatic rings. The standard InChI is InChI=1S/C7H8BrN3O/c1-12-11-3-6(8)5-2-9-10-7(5)4-11/h2-3H,4H2,1H3,(H,9,10). The summed E-state index contributed by atoms with van der Waals surface area (Å²) >= 11 is 3.43. The van der Waals surface area contributed by atoms with Crippen LogP contribution in [0.2, 0.25) is 0 Å². The second-order valence-electron chi connectivity index (χ2n) is 2.50. The number of nitrogens with one attached hydrogen (secondary N) is 1. The molecule has 1 aliphatic rings. The first-order valence-corrected chi connectivity index (χ1v) is 4.31. The van der Waals surface area contributed by atoms with Crippen LogP contribution in [0.15, 0.2) is 12.4 Å². The lowest BCUT2D eigenvalue weighted by atomic mass is 10.2. The molecular weight excluding hydrogens is 222 g/mol. The highest BCUT2D eigenvalue weighted by molar-refractivity contribution is 9.15. The van der Waals surface area contributed by atoms with Gasteiger partial charge in [-0.15, -0.1) is 0 Å². The molecular formula is C7H8BrN3O. The molecule has 2 heterocycles. The smallest absolute Gasteiger partial charge is 0.0872 e. The van der Waals surface area contributed by atoms with Gasteiger partial charge in [-0.2, -0.15) is 5.10 Å². The molecule has 0 unspecified atom stereocenters. The van der Waals surface area contributed by atoms with Crippen molar-refractivity contribution < 1.29 is 4.84 Å². The molecule has 0 radical (unpaired) electrons. The van der Waals surface area contributed by atoms with Gasteiger partial charge in [0.05, 0.1) is 25.5 Å². The first-order valence-electron chi connectivity index (χ1n) is 3.52. The second kappa shape index (κ2) is 2.91. The zero-order valence-electron chi connectivity index (χ0n) is 6.54. The predicted octanol–water partition coefficient (Wildman–Crippen LogP) is 1.48. The first-order chi connectivity index (χ1) is 5.81. The van der Waals surface area contributed by atoms with E-state index in [9.17, 15) is 0 Å². The van der Waals surface area contributed by atoms with E-state index in [-0.39, 0.29) is 0 Å². The van der Waals surface area contributed by atoms with Gasteiger partial charge in [0.2, 0.25) is 0 Å². The Balaban J connectivity index is 2.38. The molecule has 0 amide bonds. The maximum atomic E-state index is 5.07. The Kier molecular flexibility index (Phi) is 1.90. The Morgan fingerprint density at radius 2 is 2.58 bits per heavy atom. The van der Waals surface area contributed by atoms with Gasteiger partial charge in [0, 0.05) is 16.2 Å². The first kappa shape index (κ1) is 7.82. The fraction of sp³-hybridized carbons (Fsp3) is 0.286. The van der Waals surface area contributed by atoms with Crippen LogP contribution in [0.4, 0.5) is 0 Å². The Bertz CT molecular complexity index is 320. The molecule has 0 atom stereocenters. The van der Waals surface area contributed by atoms with E-state index in [4.69, 9.17) is 4.84 Å². The highest BCUT2D eigenvalue weighted by Crippen LogP contribution is 2.28. The number of nitrogens with zero attached hydrogens (tertiary/aromatic N) is 2. The molecule has 0 bridgehead atoms.